The molecule has 0 fully saturated rings. The lowest BCUT2D eigenvalue weighted by atomic mass is 10.2. The number of rotatable bonds is 6. The van der Waals surface area contributed by atoms with E-state index in [0.717, 1.165) is 0 Å². The maximum absolute atomic E-state index is 11.6. The minimum absolute atomic E-state index is 0.108. The van der Waals surface area contributed by atoms with Crippen molar-refractivity contribution < 1.29 is 9.72 Å². The van der Waals surface area contributed by atoms with Gasteiger partial charge in [0.25, 0.3) is 5.69 Å². The zero-order valence-corrected chi connectivity index (χ0v) is 13.4. The topological polar surface area (TPSA) is 84.3 Å². The first-order chi connectivity index (χ1) is 9.74. The third-order valence-electron chi connectivity index (χ3n) is 2.48. The fourth-order valence-electron chi connectivity index (χ4n) is 1.54. The van der Waals surface area contributed by atoms with Crippen LogP contribution in [0.2, 0.25) is 0 Å². The van der Waals surface area contributed by atoms with Crippen molar-refractivity contribution in [3.05, 3.63) is 34.4 Å². The van der Waals surface area contributed by atoms with Crippen molar-refractivity contribution in [1.82, 2.24) is 5.32 Å². The highest BCUT2D eigenvalue weighted by molar-refractivity contribution is 6.68. The molecular formula is C12H14Cl3N3O3. The van der Waals surface area contributed by atoms with Crippen molar-refractivity contribution in [3.63, 3.8) is 0 Å². The predicted octanol–water partition coefficient (Wildman–Crippen LogP) is 3.62. The third kappa shape index (κ3) is 5.95. The molecule has 1 amide bonds. The Hall–Kier alpha value is -1.24. The molecule has 1 unspecified atom stereocenters. The number of hydrogen-bond donors (Lipinski definition) is 2. The SMILES string of the molecule is CCCC(=O)NC(Nc1cccc([N+](=O)[O-])c1)C(Cl)(Cl)Cl. The average Bonchev–Trinajstić information content (AvgIpc) is 2.37. The van der Waals surface area contributed by atoms with E-state index < -0.39 is 14.9 Å². The van der Waals surface area contributed by atoms with E-state index in [9.17, 15) is 14.9 Å². The van der Waals surface area contributed by atoms with Crippen LogP contribution in [0.3, 0.4) is 0 Å². The minimum atomic E-state index is -1.81. The van der Waals surface area contributed by atoms with E-state index in [1.54, 1.807) is 6.07 Å². The summed E-state index contributed by atoms with van der Waals surface area (Å²) < 4.78 is -1.81. The summed E-state index contributed by atoms with van der Waals surface area (Å²) >= 11 is 17.4. The summed E-state index contributed by atoms with van der Waals surface area (Å²) in [6.07, 6.45) is -0.0770. The summed E-state index contributed by atoms with van der Waals surface area (Å²) in [6, 6.07) is 5.69. The smallest absolute Gasteiger partial charge is 0.271 e. The van der Waals surface area contributed by atoms with E-state index in [-0.39, 0.29) is 18.0 Å². The molecular weight excluding hydrogens is 341 g/mol. The Morgan fingerprint density at radius 2 is 2.10 bits per heavy atom. The van der Waals surface area contributed by atoms with Gasteiger partial charge in [-0.2, -0.15) is 0 Å². The first kappa shape index (κ1) is 17.8. The number of non-ortho nitro benzene ring substituents is 1. The van der Waals surface area contributed by atoms with Gasteiger partial charge in [-0.3, -0.25) is 14.9 Å². The molecule has 0 heterocycles. The molecule has 1 atom stereocenters. The van der Waals surface area contributed by atoms with Gasteiger partial charge in [-0.1, -0.05) is 47.8 Å². The van der Waals surface area contributed by atoms with Crippen LogP contribution < -0.4 is 10.6 Å². The molecule has 0 aliphatic carbocycles. The van der Waals surface area contributed by atoms with Crippen LogP contribution in [0, 0.1) is 10.1 Å². The number of nitro groups is 1. The molecule has 0 aliphatic rings. The van der Waals surface area contributed by atoms with Crippen molar-refractivity contribution in [2.24, 2.45) is 0 Å². The summed E-state index contributed by atoms with van der Waals surface area (Å²) in [6.45, 7) is 1.85. The Kier molecular flexibility index (Phi) is 6.51. The molecule has 0 saturated heterocycles. The number of amides is 1. The minimum Gasteiger partial charge on any atom is -0.362 e. The number of nitrogens with zero attached hydrogens (tertiary/aromatic N) is 1. The highest BCUT2D eigenvalue weighted by Crippen LogP contribution is 2.31. The predicted molar refractivity (Wildman–Crippen MR) is 83.8 cm³/mol. The van der Waals surface area contributed by atoms with E-state index in [2.05, 4.69) is 10.6 Å². The number of halogens is 3. The second-order valence-corrected chi connectivity index (χ2v) is 6.61. The van der Waals surface area contributed by atoms with Gasteiger partial charge in [-0.15, -0.1) is 0 Å². The monoisotopic (exact) mass is 353 g/mol. The Balaban J connectivity index is 2.89. The largest absolute Gasteiger partial charge is 0.362 e. The van der Waals surface area contributed by atoms with Crippen molar-refractivity contribution in [2.75, 3.05) is 5.32 Å². The van der Waals surface area contributed by atoms with Gasteiger partial charge in [0.1, 0.15) is 6.17 Å². The van der Waals surface area contributed by atoms with Gasteiger partial charge in [0.15, 0.2) is 0 Å². The fraction of sp³-hybridized carbons (Fsp3) is 0.417. The van der Waals surface area contributed by atoms with Crippen LogP contribution in [0.5, 0.6) is 0 Å². The molecule has 0 bridgehead atoms. The zero-order valence-electron chi connectivity index (χ0n) is 11.1. The molecule has 21 heavy (non-hydrogen) atoms. The Morgan fingerprint density at radius 3 is 2.62 bits per heavy atom. The number of anilines is 1. The van der Waals surface area contributed by atoms with Crippen LogP contribution in [0.1, 0.15) is 19.8 Å². The second kappa shape index (κ2) is 7.68. The molecule has 0 saturated carbocycles. The number of nitrogens with one attached hydrogen (secondary N) is 2. The first-order valence-electron chi connectivity index (χ1n) is 6.11. The van der Waals surface area contributed by atoms with Crippen molar-refractivity contribution in [3.8, 4) is 0 Å². The normalized spacial score (nSPS) is 12.6. The summed E-state index contributed by atoms with van der Waals surface area (Å²) in [4.78, 5) is 21.8. The van der Waals surface area contributed by atoms with Crippen LogP contribution in [-0.4, -0.2) is 20.8 Å². The molecule has 0 spiro atoms. The summed E-state index contributed by atoms with van der Waals surface area (Å²) in [7, 11) is 0. The van der Waals surface area contributed by atoms with Gasteiger partial charge >= 0.3 is 0 Å². The van der Waals surface area contributed by atoms with Gasteiger partial charge in [0, 0.05) is 24.2 Å². The summed E-state index contributed by atoms with van der Waals surface area (Å²) in [5, 5.41) is 16.0. The van der Waals surface area contributed by atoms with E-state index in [0.29, 0.717) is 12.1 Å². The average molecular weight is 355 g/mol. The summed E-state index contributed by atoms with van der Waals surface area (Å²) in [5.41, 5.74) is 0.250. The van der Waals surface area contributed by atoms with Gasteiger partial charge in [0.2, 0.25) is 9.70 Å². The van der Waals surface area contributed by atoms with E-state index in [4.69, 9.17) is 34.8 Å². The number of nitro benzene ring substituents is 1. The second-order valence-electron chi connectivity index (χ2n) is 4.24. The van der Waals surface area contributed by atoms with Gasteiger partial charge in [-0.05, 0) is 12.5 Å². The fourth-order valence-corrected chi connectivity index (χ4v) is 1.86. The van der Waals surface area contributed by atoms with Gasteiger partial charge in [0.05, 0.1) is 4.92 Å². The number of hydrogen-bond acceptors (Lipinski definition) is 4. The lowest BCUT2D eigenvalue weighted by molar-refractivity contribution is -0.384. The quantitative estimate of drug-likeness (QED) is 0.354. The standard InChI is InChI=1S/C12H14Cl3N3O3/c1-2-4-10(19)17-11(12(13,14)15)16-8-5-3-6-9(7-8)18(20)21/h3,5-7,11,16H,2,4H2,1H3,(H,17,19). The van der Waals surface area contributed by atoms with Gasteiger partial charge in [-0.25, -0.2) is 0 Å². The lowest BCUT2D eigenvalue weighted by Crippen LogP contribution is -2.49. The molecule has 0 radical (unpaired) electrons. The number of carbonyl (C=O) groups is 1. The summed E-state index contributed by atoms with van der Waals surface area (Å²) in [5.74, 6) is -0.285. The van der Waals surface area contributed by atoms with E-state index in [1.165, 1.54) is 18.2 Å². The third-order valence-corrected chi connectivity index (χ3v) is 3.13. The molecule has 1 rings (SSSR count). The van der Waals surface area contributed by atoms with Crippen LogP contribution in [0.4, 0.5) is 11.4 Å². The highest BCUT2D eigenvalue weighted by Gasteiger charge is 2.34. The molecule has 0 aliphatic heterocycles. The molecule has 9 heteroatoms. The Bertz CT molecular complexity index is 520. The van der Waals surface area contributed by atoms with E-state index >= 15 is 0 Å². The van der Waals surface area contributed by atoms with Crippen molar-refractivity contribution >= 4 is 52.1 Å². The molecule has 2 N–H and O–H groups in total. The van der Waals surface area contributed by atoms with Crippen molar-refractivity contribution in [2.45, 2.75) is 29.7 Å². The van der Waals surface area contributed by atoms with Crippen LogP contribution in [0.25, 0.3) is 0 Å². The Labute approximate surface area is 136 Å². The molecule has 1 aromatic rings. The molecule has 6 nitrogen and oxygen atoms in total. The van der Waals surface area contributed by atoms with Crippen LogP contribution in [-0.2, 0) is 4.79 Å². The zero-order chi connectivity index (χ0) is 16.0. The van der Waals surface area contributed by atoms with Crippen LogP contribution >= 0.6 is 34.8 Å². The first-order valence-corrected chi connectivity index (χ1v) is 7.24. The number of benzene rings is 1. The lowest BCUT2D eigenvalue weighted by Gasteiger charge is -2.27. The maximum atomic E-state index is 11.6. The van der Waals surface area contributed by atoms with Crippen molar-refractivity contribution in [1.29, 1.82) is 0 Å². The maximum Gasteiger partial charge on any atom is 0.271 e. The molecule has 116 valence electrons. The molecule has 1 aromatic carbocycles. The van der Waals surface area contributed by atoms with Gasteiger partial charge < -0.3 is 10.6 Å². The molecule has 0 aromatic heterocycles. The highest BCUT2D eigenvalue weighted by atomic mass is 35.6. The number of carbonyl (C=O) groups excluding carboxylic acids is 1. The van der Waals surface area contributed by atoms with Crippen LogP contribution in [0.15, 0.2) is 24.3 Å². The number of alkyl halides is 3. The van der Waals surface area contributed by atoms with E-state index in [1.807, 2.05) is 6.92 Å². The Morgan fingerprint density at radius 1 is 1.43 bits per heavy atom.